The third-order valence-electron chi connectivity index (χ3n) is 1.69. The van der Waals surface area contributed by atoms with E-state index in [4.69, 9.17) is 6.42 Å². The third kappa shape index (κ3) is 1.42. The minimum Gasteiger partial charge on any atom is -0.306 e. The van der Waals surface area contributed by atoms with E-state index in [0.29, 0.717) is 5.69 Å². The van der Waals surface area contributed by atoms with Gasteiger partial charge >= 0.3 is 0 Å². The van der Waals surface area contributed by atoms with Crippen molar-refractivity contribution in [2.24, 2.45) is 0 Å². The van der Waals surface area contributed by atoms with E-state index >= 15 is 0 Å². The van der Waals surface area contributed by atoms with Crippen molar-refractivity contribution in [3.63, 3.8) is 0 Å². The average Bonchev–Trinajstić information content (AvgIpc) is 2.71. The van der Waals surface area contributed by atoms with Crippen molar-refractivity contribution in [3.05, 3.63) is 42.7 Å². The second kappa shape index (κ2) is 3.11. The molecule has 0 radical (unpaired) electrons. The topological polar surface area (TPSA) is 30.7 Å². The summed E-state index contributed by atoms with van der Waals surface area (Å²) in [5, 5.41) is 0. The standard InChI is InChI=1S/C10H7N3/c1-2-9-7-10(3-4-12-9)13-6-5-11-8-13/h1,3-8H. The lowest BCUT2D eigenvalue weighted by Gasteiger charge is -2.00. The minimum atomic E-state index is 0.631. The largest absolute Gasteiger partial charge is 0.306 e. The van der Waals surface area contributed by atoms with Crippen molar-refractivity contribution in [2.75, 3.05) is 0 Å². The molecule has 0 saturated heterocycles. The molecule has 3 nitrogen and oxygen atoms in total. The van der Waals surface area contributed by atoms with Crippen molar-refractivity contribution in [1.29, 1.82) is 0 Å². The number of imidazole rings is 1. The van der Waals surface area contributed by atoms with Crippen LogP contribution in [0.1, 0.15) is 5.69 Å². The van der Waals surface area contributed by atoms with Crippen LogP contribution in [0.5, 0.6) is 0 Å². The Morgan fingerprint density at radius 2 is 2.31 bits per heavy atom. The molecule has 0 bridgehead atoms. The van der Waals surface area contributed by atoms with E-state index in [1.54, 1.807) is 18.7 Å². The summed E-state index contributed by atoms with van der Waals surface area (Å²) in [5.41, 5.74) is 1.60. The molecule has 0 amide bonds. The fourth-order valence-corrected chi connectivity index (χ4v) is 1.07. The molecule has 2 rings (SSSR count). The number of aromatic nitrogens is 3. The summed E-state index contributed by atoms with van der Waals surface area (Å²) in [5.74, 6) is 2.48. The van der Waals surface area contributed by atoms with Gasteiger partial charge in [-0.3, -0.25) is 0 Å². The molecule has 62 valence electrons. The molecule has 0 spiro atoms. The highest BCUT2D eigenvalue weighted by Gasteiger charge is 1.95. The Bertz CT molecular complexity index is 437. The normalized spacial score (nSPS) is 9.46. The van der Waals surface area contributed by atoms with Gasteiger partial charge < -0.3 is 4.57 Å². The van der Waals surface area contributed by atoms with Crippen molar-refractivity contribution >= 4 is 0 Å². The number of terminal acetylenes is 1. The molecular formula is C10H7N3. The maximum Gasteiger partial charge on any atom is 0.114 e. The predicted molar refractivity (Wildman–Crippen MR) is 49.3 cm³/mol. The fraction of sp³-hybridized carbons (Fsp3) is 0. The van der Waals surface area contributed by atoms with E-state index in [9.17, 15) is 0 Å². The van der Waals surface area contributed by atoms with Crippen LogP contribution in [0.4, 0.5) is 0 Å². The number of pyridine rings is 1. The van der Waals surface area contributed by atoms with Gasteiger partial charge in [0.25, 0.3) is 0 Å². The van der Waals surface area contributed by atoms with Gasteiger partial charge in [0.15, 0.2) is 0 Å². The monoisotopic (exact) mass is 169 g/mol. The van der Waals surface area contributed by atoms with Gasteiger partial charge in [-0.05, 0) is 12.1 Å². The maximum absolute atomic E-state index is 5.23. The van der Waals surface area contributed by atoms with Crippen LogP contribution < -0.4 is 0 Å². The second-order valence-corrected chi connectivity index (χ2v) is 2.51. The lowest BCUT2D eigenvalue weighted by molar-refractivity contribution is 1.04. The third-order valence-corrected chi connectivity index (χ3v) is 1.69. The Balaban J connectivity index is 2.49. The number of nitrogens with zero attached hydrogens (tertiary/aromatic N) is 3. The van der Waals surface area contributed by atoms with Crippen LogP contribution in [0.25, 0.3) is 5.69 Å². The molecular weight excluding hydrogens is 162 g/mol. The Morgan fingerprint density at radius 3 is 3.00 bits per heavy atom. The summed E-state index contributed by atoms with van der Waals surface area (Å²) in [7, 11) is 0. The smallest absolute Gasteiger partial charge is 0.114 e. The average molecular weight is 169 g/mol. The predicted octanol–water partition coefficient (Wildman–Crippen LogP) is 1.25. The molecule has 13 heavy (non-hydrogen) atoms. The molecule has 0 aliphatic carbocycles. The van der Waals surface area contributed by atoms with Crippen LogP contribution in [0.3, 0.4) is 0 Å². The molecule has 2 heterocycles. The van der Waals surface area contributed by atoms with E-state index in [1.165, 1.54) is 0 Å². The van der Waals surface area contributed by atoms with E-state index in [2.05, 4.69) is 15.9 Å². The molecule has 0 aromatic carbocycles. The molecule has 0 saturated carbocycles. The molecule has 0 atom stereocenters. The first-order chi connectivity index (χ1) is 6.40. The first kappa shape index (κ1) is 7.56. The molecule has 0 aliphatic rings. The molecule has 0 N–H and O–H groups in total. The van der Waals surface area contributed by atoms with Crippen LogP contribution in [0.2, 0.25) is 0 Å². The lowest BCUT2D eigenvalue weighted by atomic mass is 10.3. The zero-order chi connectivity index (χ0) is 9.10. The van der Waals surface area contributed by atoms with Gasteiger partial charge in [0.05, 0.1) is 12.0 Å². The van der Waals surface area contributed by atoms with Crippen LogP contribution in [0.15, 0.2) is 37.1 Å². The minimum absolute atomic E-state index is 0.631. The summed E-state index contributed by atoms with van der Waals surface area (Å²) < 4.78 is 1.88. The van der Waals surface area contributed by atoms with Gasteiger partial charge in [0.2, 0.25) is 0 Å². The summed E-state index contributed by atoms with van der Waals surface area (Å²) in [6.07, 6.45) is 12.2. The molecule has 0 unspecified atom stereocenters. The van der Waals surface area contributed by atoms with Crippen LogP contribution in [-0.4, -0.2) is 14.5 Å². The van der Waals surface area contributed by atoms with E-state index in [1.807, 2.05) is 22.9 Å². The first-order valence-corrected chi connectivity index (χ1v) is 3.81. The number of rotatable bonds is 1. The van der Waals surface area contributed by atoms with Crippen molar-refractivity contribution in [2.45, 2.75) is 0 Å². The van der Waals surface area contributed by atoms with Gasteiger partial charge in [-0.25, -0.2) is 9.97 Å². The Hall–Kier alpha value is -2.08. The van der Waals surface area contributed by atoms with Gasteiger partial charge in [-0.15, -0.1) is 6.42 Å². The first-order valence-electron chi connectivity index (χ1n) is 3.81. The zero-order valence-electron chi connectivity index (χ0n) is 6.88. The van der Waals surface area contributed by atoms with Gasteiger partial charge in [0, 0.05) is 18.6 Å². The Morgan fingerprint density at radius 1 is 1.38 bits per heavy atom. The lowest BCUT2D eigenvalue weighted by Crippen LogP contribution is -1.91. The highest BCUT2D eigenvalue weighted by molar-refractivity contribution is 5.37. The molecule has 2 aromatic heterocycles. The van der Waals surface area contributed by atoms with Crippen LogP contribution >= 0.6 is 0 Å². The summed E-state index contributed by atoms with van der Waals surface area (Å²) in [6.45, 7) is 0. The van der Waals surface area contributed by atoms with Crippen molar-refractivity contribution in [3.8, 4) is 18.0 Å². The highest BCUT2D eigenvalue weighted by atomic mass is 15.0. The second-order valence-electron chi connectivity index (χ2n) is 2.51. The van der Waals surface area contributed by atoms with E-state index in [0.717, 1.165) is 5.69 Å². The quantitative estimate of drug-likeness (QED) is 0.601. The number of hydrogen-bond acceptors (Lipinski definition) is 2. The maximum atomic E-state index is 5.23. The zero-order valence-corrected chi connectivity index (χ0v) is 6.88. The molecule has 0 aliphatic heterocycles. The van der Waals surface area contributed by atoms with E-state index in [-0.39, 0.29) is 0 Å². The SMILES string of the molecule is C#Cc1cc(-n2ccnc2)ccn1. The molecule has 2 aromatic rings. The van der Waals surface area contributed by atoms with Crippen LogP contribution in [0, 0.1) is 12.3 Å². The Kier molecular flexibility index (Phi) is 1.81. The molecule has 3 heteroatoms. The number of hydrogen-bond donors (Lipinski definition) is 0. The molecule has 0 fully saturated rings. The summed E-state index contributed by atoms with van der Waals surface area (Å²) >= 11 is 0. The van der Waals surface area contributed by atoms with Crippen molar-refractivity contribution < 1.29 is 0 Å². The van der Waals surface area contributed by atoms with Crippen LogP contribution in [-0.2, 0) is 0 Å². The highest BCUT2D eigenvalue weighted by Crippen LogP contribution is 2.06. The van der Waals surface area contributed by atoms with Gasteiger partial charge in [-0.1, -0.05) is 5.92 Å². The Labute approximate surface area is 76.1 Å². The summed E-state index contributed by atoms with van der Waals surface area (Å²) in [4.78, 5) is 7.94. The van der Waals surface area contributed by atoms with Crippen molar-refractivity contribution in [1.82, 2.24) is 14.5 Å². The van der Waals surface area contributed by atoms with Gasteiger partial charge in [0.1, 0.15) is 5.69 Å². The summed E-state index contributed by atoms with van der Waals surface area (Å²) in [6, 6.07) is 3.71. The fourth-order valence-electron chi connectivity index (χ4n) is 1.07. The van der Waals surface area contributed by atoms with E-state index < -0.39 is 0 Å². The van der Waals surface area contributed by atoms with Gasteiger partial charge in [-0.2, -0.15) is 0 Å².